The molecule has 0 aliphatic rings. The highest BCUT2D eigenvalue weighted by Crippen LogP contribution is 2.21. The number of anilines is 1. The molecule has 142 valence electrons. The Bertz CT molecular complexity index is 1160. The van der Waals surface area contributed by atoms with E-state index >= 15 is 0 Å². The summed E-state index contributed by atoms with van der Waals surface area (Å²) in [6.45, 7) is 1.86. The number of benzene rings is 4. The van der Waals surface area contributed by atoms with Crippen LogP contribution in [0.2, 0.25) is 0 Å². The quantitative estimate of drug-likeness (QED) is 0.445. The van der Waals surface area contributed by atoms with Crippen LogP contribution in [0.5, 0.6) is 0 Å². The number of ketones is 1. The smallest absolute Gasteiger partial charge is 0.231 e. The summed E-state index contributed by atoms with van der Waals surface area (Å²) in [5.41, 5.74) is 2.91. The van der Waals surface area contributed by atoms with Crippen LogP contribution in [0.1, 0.15) is 34.3 Å². The molecule has 1 atom stereocenters. The van der Waals surface area contributed by atoms with Crippen molar-refractivity contribution in [1.82, 2.24) is 0 Å². The average molecular weight is 379 g/mol. The zero-order chi connectivity index (χ0) is 20.2. The molecule has 0 radical (unpaired) electrons. The predicted molar refractivity (Wildman–Crippen MR) is 117 cm³/mol. The minimum absolute atomic E-state index is 0.0244. The second kappa shape index (κ2) is 8.11. The van der Waals surface area contributed by atoms with Gasteiger partial charge in [-0.05, 0) is 41.5 Å². The van der Waals surface area contributed by atoms with Gasteiger partial charge >= 0.3 is 0 Å². The molecule has 1 amide bonds. The van der Waals surface area contributed by atoms with Crippen molar-refractivity contribution in [2.75, 3.05) is 5.32 Å². The van der Waals surface area contributed by atoms with Crippen molar-refractivity contribution in [2.24, 2.45) is 0 Å². The van der Waals surface area contributed by atoms with Crippen molar-refractivity contribution < 1.29 is 9.59 Å². The first-order chi connectivity index (χ1) is 14.1. The molecule has 4 rings (SSSR count). The van der Waals surface area contributed by atoms with Gasteiger partial charge < -0.3 is 5.32 Å². The largest absolute Gasteiger partial charge is 0.326 e. The van der Waals surface area contributed by atoms with Gasteiger partial charge in [-0.1, -0.05) is 78.9 Å². The minimum Gasteiger partial charge on any atom is -0.326 e. The summed E-state index contributed by atoms with van der Waals surface area (Å²) in [6.07, 6.45) is 0. The normalized spacial score (nSPS) is 11.8. The lowest BCUT2D eigenvalue weighted by molar-refractivity contribution is -0.117. The Morgan fingerprint density at radius 2 is 1.31 bits per heavy atom. The molecule has 0 aliphatic carbocycles. The van der Waals surface area contributed by atoms with Gasteiger partial charge in [0.25, 0.3) is 0 Å². The fourth-order valence-electron chi connectivity index (χ4n) is 3.34. The van der Waals surface area contributed by atoms with E-state index in [1.54, 1.807) is 12.1 Å². The van der Waals surface area contributed by atoms with Crippen LogP contribution >= 0.6 is 0 Å². The summed E-state index contributed by atoms with van der Waals surface area (Å²) in [5, 5.41) is 5.07. The molecule has 0 aliphatic heterocycles. The average Bonchev–Trinajstić information content (AvgIpc) is 2.78. The summed E-state index contributed by atoms with van der Waals surface area (Å²) in [7, 11) is 0. The van der Waals surface area contributed by atoms with Gasteiger partial charge in [0, 0.05) is 16.8 Å². The second-order valence-electron chi connectivity index (χ2n) is 7.09. The summed E-state index contributed by atoms with van der Waals surface area (Å²) >= 11 is 0. The fraction of sp³-hybridized carbons (Fsp3) is 0.0769. The molecule has 3 nitrogen and oxygen atoms in total. The van der Waals surface area contributed by atoms with E-state index in [0.717, 1.165) is 22.0 Å². The Morgan fingerprint density at radius 3 is 2.03 bits per heavy atom. The number of fused-ring (bicyclic) bond motifs is 1. The molecule has 1 unspecified atom stereocenters. The molecule has 4 aromatic rings. The molecule has 0 saturated heterocycles. The lowest BCUT2D eigenvalue weighted by atomic mass is 9.95. The molecule has 3 heteroatoms. The highest BCUT2D eigenvalue weighted by molar-refractivity contribution is 6.10. The standard InChI is InChI=1S/C26H21NO2/c1-18(26(29)27-24-9-3-2-4-10-24)19-11-14-21(15-12-19)25(28)23-16-13-20-7-5-6-8-22(20)17-23/h2-18H,1H3,(H,27,29). The van der Waals surface area contributed by atoms with E-state index in [9.17, 15) is 9.59 Å². The first-order valence-corrected chi connectivity index (χ1v) is 9.61. The third kappa shape index (κ3) is 4.09. The van der Waals surface area contributed by atoms with Crippen LogP contribution in [0.4, 0.5) is 5.69 Å². The number of carbonyl (C=O) groups excluding carboxylic acids is 2. The Balaban J connectivity index is 1.50. The molecule has 0 saturated carbocycles. The summed E-state index contributed by atoms with van der Waals surface area (Å²) in [5.74, 6) is -0.423. The van der Waals surface area contributed by atoms with Gasteiger partial charge in [-0.25, -0.2) is 0 Å². The molecule has 0 spiro atoms. The molecular formula is C26H21NO2. The molecule has 0 fully saturated rings. The SMILES string of the molecule is CC(C(=O)Nc1ccccc1)c1ccc(C(=O)c2ccc3ccccc3c2)cc1. The van der Waals surface area contributed by atoms with Crippen LogP contribution in [0, 0.1) is 0 Å². The van der Waals surface area contributed by atoms with Crippen molar-refractivity contribution in [3.8, 4) is 0 Å². The number of carbonyl (C=O) groups is 2. The molecule has 0 heterocycles. The van der Waals surface area contributed by atoms with Gasteiger partial charge in [0.15, 0.2) is 5.78 Å². The Hall–Kier alpha value is -3.72. The molecule has 0 aromatic heterocycles. The minimum atomic E-state index is -0.319. The maximum absolute atomic E-state index is 12.9. The van der Waals surface area contributed by atoms with Crippen LogP contribution in [-0.4, -0.2) is 11.7 Å². The van der Waals surface area contributed by atoms with Gasteiger partial charge in [-0.3, -0.25) is 9.59 Å². The highest BCUT2D eigenvalue weighted by Gasteiger charge is 2.16. The number of amides is 1. The van der Waals surface area contributed by atoms with E-state index in [1.807, 2.05) is 91.9 Å². The van der Waals surface area contributed by atoms with E-state index < -0.39 is 0 Å². The summed E-state index contributed by atoms with van der Waals surface area (Å²) in [6, 6.07) is 30.4. The highest BCUT2D eigenvalue weighted by atomic mass is 16.2. The topological polar surface area (TPSA) is 46.2 Å². The lowest BCUT2D eigenvalue weighted by Gasteiger charge is -2.13. The summed E-state index contributed by atoms with van der Waals surface area (Å²) < 4.78 is 0. The molecule has 0 bridgehead atoms. The van der Waals surface area contributed by atoms with E-state index in [-0.39, 0.29) is 17.6 Å². The van der Waals surface area contributed by atoms with E-state index in [2.05, 4.69) is 5.32 Å². The molecule has 4 aromatic carbocycles. The maximum atomic E-state index is 12.9. The zero-order valence-electron chi connectivity index (χ0n) is 16.1. The van der Waals surface area contributed by atoms with Gasteiger partial charge in [-0.2, -0.15) is 0 Å². The lowest BCUT2D eigenvalue weighted by Crippen LogP contribution is -2.18. The van der Waals surface area contributed by atoms with Crippen LogP contribution in [0.3, 0.4) is 0 Å². The van der Waals surface area contributed by atoms with Crippen molar-refractivity contribution >= 4 is 28.2 Å². The Morgan fingerprint density at radius 1 is 0.690 bits per heavy atom. The van der Waals surface area contributed by atoms with E-state index in [1.165, 1.54) is 0 Å². The third-order valence-corrected chi connectivity index (χ3v) is 5.12. The summed E-state index contributed by atoms with van der Waals surface area (Å²) in [4.78, 5) is 25.4. The van der Waals surface area contributed by atoms with Gasteiger partial charge in [0.05, 0.1) is 5.92 Å². The van der Waals surface area contributed by atoms with Crippen molar-refractivity contribution in [3.63, 3.8) is 0 Å². The number of hydrogen-bond acceptors (Lipinski definition) is 2. The Labute approximate surface area is 170 Å². The maximum Gasteiger partial charge on any atom is 0.231 e. The van der Waals surface area contributed by atoms with E-state index in [0.29, 0.717) is 11.1 Å². The van der Waals surface area contributed by atoms with Gasteiger partial charge in [0.2, 0.25) is 5.91 Å². The number of nitrogens with one attached hydrogen (secondary N) is 1. The number of para-hydroxylation sites is 1. The van der Waals surface area contributed by atoms with Crippen molar-refractivity contribution in [2.45, 2.75) is 12.8 Å². The number of hydrogen-bond donors (Lipinski definition) is 1. The van der Waals surface area contributed by atoms with Gasteiger partial charge in [-0.15, -0.1) is 0 Å². The monoisotopic (exact) mass is 379 g/mol. The molecule has 29 heavy (non-hydrogen) atoms. The zero-order valence-corrected chi connectivity index (χ0v) is 16.1. The predicted octanol–water partition coefficient (Wildman–Crippen LogP) is 5.81. The van der Waals surface area contributed by atoms with E-state index in [4.69, 9.17) is 0 Å². The van der Waals surface area contributed by atoms with Crippen LogP contribution < -0.4 is 5.32 Å². The number of rotatable bonds is 5. The van der Waals surface area contributed by atoms with Crippen LogP contribution in [-0.2, 0) is 4.79 Å². The van der Waals surface area contributed by atoms with Gasteiger partial charge in [0.1, 0.15) is 0 Å². The third-order valence-electron chi connectivity index (χ3n) is 5.12. The Kier molecular flexibility index (Phi) is 5.21. The first kappa shape index (κ1) is 18.6. The van der Waals surface area contributed by atoms with Crippen molar-refractivity contribution in [1.29, 1.82) is 0 Å². The second-order valence-corrected chi connectivity index (χ2v) is 7.09. The van der Waals surface area contributed by atoms with Crippen molar-refractivity contribution in [3.05, 3.63) is 114 Å². The van der Waals surface area contributed by atoms with Crippen LogP contribution in [0.25, 0.3) is 10.8 Å². The fourth-order valence-corrected chi connectivity index (χ4v) is 3.34. The van der Waals surface area contributed by atoms with Crippen LogP contribution in [0.15, 0.2) is 97.1 Å². The first-order valence-electron chi connectivity index (χ1n) is 9.61. The molecule has 1 N–H and O–H groups in total. The molecular weight excluding hydrogens is 358 g/mol.